The lowest BCUT2D eigenvalue weighted by atomic mass is 9.97. The van der Waals surface area contributed by atoms with Crippen LogP contribution in [0.2, 0.25) is 0 Å². The predicted octanol–water partition coefficient (Wildman–Crippen LogP) is 1.74. The SMILES string of the molecule is NNc1nc(NCC2CCCC2CO)c2ccccc2n1. The van der Waals surface area contributed by atoms with Gasteiger partial charge in [-0.2, -0.15) is 4.98 Å². The zero-order chi connectivity index (χ0) is 14.7. The summed E-state index contributed by atoms with van der Waals surface area (Å²) in [5, 5.41) is 13.8. The quantitative estimate of drug-likeness (QED) is 0.494. The maximum absolute atomic E-state index is 9.41. The van der Waals surface area contributed by atoms with Gasteiger partial charge in [-0.25, -0.2) is 10.8 Å². The third-order valence-corrected chi connectivity index (χ3v) is 4.32. The first-order valence-corrected chi connectivity index (χ1v) is 7.40. The van der Waals surface area contributed by atoms with E-state index in [0.717, 1.165) is 36.1 Å². The van der Waals surface area contributed by atoms with Crippen LogP contribution in [-0.4, -0.2) is 28.2 Å². The van der Waals surface area contributed by atoms with Crippen LogP contribution in [0, 0.1) is 11.8 Å². The van der Waals surface area contributed by atoms with E-state index in [2.05, 4.69) is 20.7 Å². The number of nitrogens with two attached hydrogens (primary N) is 1. The van der Waals surface area contributed by atoms with Crippen LogP contribution in [0.25, 0.3) is 10.9 Å². The van der Waals surface area contributed by atoms with Crippen molar-refractivity contribution < 1.29 is 5.11 Å². The summed E-state index contributed by atoms with van der Waals surface area (Å²) in [5.74, 6) is 7.53. The summed E-state index contributed by atoms with van der Waals surface area (Å²) < 4.78 is 0. The van der Waals surface area contributed by atoms with Crippen molar-refractivity contribution in [3.8, 4) is 0 Å². The molecule has 0 radical (unpaired) electrons. The number of hydrogen-bond donors (Lipinski definition) is 4. The van der Waals surface area contributed by atoms with Gasteiger partial charge in [0.25, 0.3) is 0 Å². The number of aromatic nitrogens is 2. The number of nitrogens with zero attached hydrogens (tertiary/aromatic N) is 2. The number of aliphatic hydroxyl groups is 1. The van der Waals surface area contributed by atoms with E-state index in [1.54, 1.807) is 0 Å². The number of aliphatic hydroxyl groups excluding tert-OH is 1. The molecule has 2 unspecified atom stereocenters. The molecule has 0 spiro atoms. The Kier molecular flexibility index (Phi) is 4.17. The molecule has 2 atom stereocenters. The highest BCUT2D eigenvalue weighted by Gasteiger charge is 2.26. The second-order valence-electron chi connectivity index (χ2n) is 5.57. The lowest BCUT2D eigenvalue weighted by molar-refractivity contribution is 0.199. The standard InChI is InChI=1S/C15H21N5O/c16-20-15-18-13-7-2-1-6-12(13)14(19-15)17-8-10-4-3-5-11(10)9-21/h1-2,6-7,10-11,21H,3-5,8-9,16H2,(H2,17,18,19,20). The van der Waals surface area contributed by atoms with E-state index in [9.17, 15) is 5.11 Å². The molecule has 1 aliphatic carbocycles. The maximum atomic E-state index is 9.41. The minimum Gasteiger partial charge on any atom is -0.396 e. The molecule has 112 valence electrons. The van der Waals surface area contributed by atoms with Crippen molar-refractivity contribution >= 4 is 22.7 Å². The van der Waals surface area contributed by atoms with Gasteiger partial charge in [0.2, 0.25) is 5.95 Å². The number of anilines is 2. The molecule has 1 heterocycles. The fraction of sp³-hybridized carbons (Fsp3) is 0.467. The molecule has 2 aromatic rings. The van der Waals surface area contributed by atoms with Crippen LogP contribution in [0.15, 0.2) is 24.3 Å². The zero-order valence-corrected chi connectivity index (χ0v) is 11.9. The van der Waals surface area contributed by atoms with Crippen LogP contribution in [0.1, 0.15) is 19.3 Å². The molecule has 5 N–H and O–H groups in total. The molecule has 3 rings (SSSR count). The molecule has 6 nitrogen and oxygen atoms in total. The Labute approximate surface area is 123 Å². The molecule has 21 heavy (non-hydrogen) atoms. The Morgan fingerprint density at radius 1 is 1.19 bits per heavy atom. The van der Waals surface area contributed by atoms with Crippen LogP contribution in [0.3, 0.4) is 0 Å². The van der Waals surface area contributed by atoms with Crippen molar-refractivity contribution in [2.45, 2.75) is 19.3 Å². The topological polar surface area (TPSA) is 96.1 Å². The fourth-order valence-corrected chi connectivity index (χ4v) is 3.13. The van der Waals surface area contributed by atoms with Crippen molar-refractivity contribution in [3.63, 3.8) is 0 Å². The van der Waals surface area contributed by atoms with Crippen molar-refractivity contribution in [1.29, 1.82) is 0 Å². The Bertz CT molecular complexity index is 618. The molecular formula is C15H21N5O. The lowest BCUT2D eigenvalue weighted by Crippen LogP contribution is -2.21. The van der Waals surface area contributed by atoms with Crippen molar-refractivity contribution in [3.05, 3.63) is 24.3 Å². The summed E-state index contributed by atoms with van der Waals surface area (Å²) >= 11 is 0. The van der Waals surface area contributed by atoms with E-state index in [1.165, 1.54) is 6.42 Å². The normalized spacial score (nSPS) is 21.6. The van der Waals surface area contributed by atoms with Crippen molar-refractivity contribution in [1.82, 2.24) is 9.97 Å². The summed E-state index contributed by atoms with van der Waals surface area (Å²) in [7, 11) is 0. The third kappa shape index (κ3) is 2.91. The van der Waals surface area contributed by atoms with E-state index >= 15 is 0 Å². The number of para-hydroxylation sites is 1. The van der Waals surface area contributed by atoms with Gasteiger partial charge in [-0.1, -0.05) is 18.6 Å². The Morgan fingerprint density at radius 3 is 2.81 bits per heavy atom. The Balaban J connectivity index is 1.82. The highest BCUT2D eigenvalue weighted by Crippen LogP contribution is 2.32. The summed E-state index contributed by atoms with van der Waals surface area (Å²) in [6, 6.07) is 7.85. The predicted molar refractivity (Wildman–Crippen MR) is 83.8 cm³/mol. The van der Waals surface area contributed by atoms with Crippen molar-refractivity contribution in [2.24, 2.45) is 17.7 Å². The van der Waals surface area contributed by atoms with Gasteiger partial charge in [0.1, 0.15) is 5.82 Å². The third-order valence-electron chi connectivity index (χ3n) is 4.32. The van der Waals surface area contributed by atoms with Gasteiger partial charge in [0.15, 0.2) is 0 Å². The molecule has 0 aliphatic heterocycles. The molecule has 1 saturated carbocycles. The minimum atomic E-state index is 0.270. The maximum Gasteiger partial charge on any atom is 0.239 e. The van der Waals surface area contributed by atoms with Gasteiger partial charge < -0.3 is 10.4 Å². The summed E-state index contributed by atoms with van der Waals surface area (Å²) in [6.07, 6.45) is 3.46. The second-order valence-corrected chi connectivity index (χ2v) is 5.57. The van der Waals surface area contributed by atoms with E-state index in [1.807, 2.05) is 24.3 Å². The molecule has 0 amide bonds. The van der Waals surface area contributed by atoms with Crippen LogP contribution in [0.4, 0.5) is 11.8 Å². The number of benzene rings is 1. The van der Waals surface area contributed by atoms with E-state index < -0.39 is 0 Å². The first-order valence-electron chi connectivity index (χ1n) is 7.40. The minimum absolute atomic E-state index is 0.270. The Morgan fingerprint density at radius 2 is 2.00 bits per heavy atom. The number of nitrogen functional groups attached to an aromatic ring is 1. The second kappa shape index (κ2) is 6.24. The molecule has 0 saturated heterocycles. The number of hydrogen-bond acceptors (Lipinski definition) is 6. The van der Waals surface area contributed by atoms with Crippen LogP contribution in [0.5, 0.6) is 0 Å². The average Bonchev–Trinajstić information content (AvgIpc) is 2.99. The van der Waals surface area contributed by atoms with Crippen LogP contribution >= 0.6 is 0 Å². The van der Waals surface area contributed by atoms with Crippen molar-refractivity contribution in [2.75, 3.05) is 23.9 Å². The molecule has 1 aliphatic rings. The van der Waals surface area contributed by atoms with Gasteiger partial charge in [-0.3, -0.25) is 5.43 Å². The first-order chi connectivity index (χ1) is 10.3. The molecule has 6 heteroatoms. The molecule has 1 aromatic carbocycles. The van der Waals surface area contributed by atoms with E-state index in [4.69, 9.17) is 5.84 Å². The van der Waals surface area contributed by atoms with Gasteiger partial charge in [0, 0.05) is 18.5 Å². The number of fused-ring (bicyclic) bond motifs is 1. The number of hydrazine groups is 1. The lowest BCUT2D eigenvalue weighted by Gasteiger charge is -2.19. The molecule has 0 bridgehead atoms. The number of rotatable bonds is 5. The highest BCUT2D eigenvalue weighted by atomic mass is 16.3. The first kappa shape index (κ1) is 14.0. The smallest absolute Gasteiger partial charge is 0.239 e. The van der Waals surface area contributed by atoms with E-state index in [0.29, 0.717) is 17.8 Å². The average molecular weight is 287 g/mol. The van der Waals surface area contributed by atoms with Gasteiger partial charge >= 0.3 is 0 Å². The van der Waals surface area contributed by atoms with Gasteiger partial charge in [-0.05, 0) is 36.8 Å². The summed E-state index contributed by atoms with van der Waals surface area (Å²) in [5.41, 5.74) is 3.36. The Hall–Kier alpha value is -1.92. The summed E-state index contributed by atoms with van der Waals surface area (Å²) in [4.78, 5) is 8.75. The van der Waals surface area contributed by atoms with Gasteiger partial charge in [0.05, 0.1) is 5.52 Å². The van der Waals surface area contributed by atoms with Gasteiger partial charge in [-0.15, -0.1) is 0 Å². The van der Waals surface area contributed by atoms with Crippen LogP contribution < -0.4 is 16.6 Å². The monoisotopic (exact) mass is 287 g/mol. The highest BCUT2D eigenvalue weighted by molar-refractivity contribution is 5.89. The molecule has 1 aromatic heterocycles. The fourth-order valence-electron chi connectivity index (χ4n) is 3.13. The summed E-state index contributed by atoms with van der Waals surface area (Å²) in [6.45, 7) is 1.09. The van der Waals surface area contributed by atoms with Crippen LogP contribution in [-0.2, 0) is 0 Å². The number of nitrogens with one attached hydrogen (secondary N) is 2. The van der Waals surface area contributed by atoms with E-state index in [-0.39, 0.29) is 6.61 Å². The molecular weight excluding hydrogens is 266 g/mol. The molecule has 1 fully saturated rings. The largest absolute Gasteiger partial charge is 0.396 e. The zero-order valence-electron chi connectivity index (χ0n) is 11.9.